The van der Waals surface area contributed by atoms with E-state index in [9.17, 15) is 0 Å². The summed E-state index contributed by atoms with van der Waals surface area (Å²) >= 11 is 0. The van der Waals surface area contributed by atoms with Gasteiger partial charge in [-0.2, -0.15) is 0 Å². The molecule has 0 unspecified atom stereocenters. The molecule has 0 atom stereocenters. The van der Waals surface area contributed by atoms with Crippen molar-refractivity contribution in [2.45, 2.75) is 25.8 Å². The number of ether oxygens (including phenoxy) is 3. The van der Waals surface area contributed by atoms with Gasteiger partial charge in [0.2, 0.25) is 0 Å². The molecule has 0 spiro atoms. The fraction of sp³-hybridized carbons (Fsp3) is 0.667. The number of likely N-dealkylation sites (tertiary alicyclic amines) is 1. The number of nitrogens with zero attached hydrogens (tertiary/aromatic N) is 1. The summed E-state index contributed by atoms with van der Waals surface area (Å²) in [7, 11) is 7.04. The standard InChI is InChI=1S/C18H30N2O3/c1-19-8-5-14-6-9-20(10-7-14)13-15-11-17(22-3)18(23-4)12-16(15)21-2/h11-12,14,19H,5-10,13H2,1-4H3. The van der Waals surface area contributed by atoms with Crippen molar-refractivity contribution in [2.24, 2.45) is 5.92 Å². The average Bonchev–Trinajstić information content (AvgIpc) is 2.60. The normalized spacial score (nSPS) is 16.3. The van der Waals surface area contributed by atoms with Crippen LogP contribution in [0, 0.1) is 5.92 Å². The molecular formula is C18H30N2O3. The number of hydrogen-bond donors (Lipinski definition) is 1. The third kappa shape index (κ3) is 4.75. The van der Waals surface area contributed by atoms with Crippen LogP contribution in [-0.4, -0.2) is 52.9 Å². The van der Waals surface area contributed by atoms with Gasteiger partial charge in [0.05, 0.1) is 21.3 Å². The third-order valence-corrected chi connectivity index (χ3v) is 4.69. The van der Waals surface area contributed by atoms with Crippen LogP contribution in [0.1, 0.15) is 24.8 Å². The van der Waals surface area contributed by atoms with Gasteiger partial charge in [-0.15, -0.1) is 0 Å². The second kappa shape index (κ2) is 8.99. The minimum atomic E-state index is 0.707. The van der Waals surface area contributed by atoms with Crippen molar-refractivity contribution < 1.29 is 14.2 Å². The first-order valence-electron chi connectivity index (χ1n) is 8.37. The number of hydrogen-bond acceptors (Lipinski definition) is 5. The minimum absolute atomic E-state index is 0.707. The van der Waals surface area contributed by atoms with E-state index in [0.717, 1.165) is 49.2 Å². The molecule has 1 saturated heterocycles. The van der Waals surface area contributed by atoms with Gasteiger partial charge >= 0.3 is 0 Å². The van der Waals surface area contributed by atoms with Crippen LogP contribution in [0.25, 0.3) is 0 Å². The predicted octanol–water partition coefficient (Wildman–Crippen LogP) is 2.53. The molecule has 0 bridgehead atoms. The Hall–Kier alpha value is -1.46. The molecule has 0 radical (unpaired) electrons. The molecule has 0 saturated carbocycles. The van der Waals surface area contributed by atoms with Gasteiger partial charge in [0, 0.05) is 18.2 Å². The highest BCUT2D eigenvalue weighted by Crippen LogP contribution is 2.35. The van der Waals surface area contributed by atoms with Gasteiger partial charge in [-0.05, 0) is 57.9 Å². The van der Waals surface area contributed by atoms with Crippen LogP contribution in [0.15, 0.2) is 12.1 Å². The van der Waals surface area contributed by atoms with Gasteiger partial charge in [0.25, 0.3) is 0 Å². The molecule has 1 aromatic rings. The Bertz CT molecular complexity index is 485. The first-order valence-corrected chi connectivity index (χ1v) is 8.37. The van der Waals surface area contributed by atoms with Crippen LogP contribution in [0.3, 0.4) is 0 Å². The van der Waals surface area contributed by atoms with Crippen molar-refractivity contribution in [2.75, 3.05) is 48.0 Å². The van der Waals surface area contributed by atoms with Crippen LogP contribution in [0.5, 0.6) is 17.2 Å². The van der Waals surface area contributed by atoms with Gasteiger partial charge in [0.15, 0.2) is 11.5 Å². The van der Waals surface area contributed by atoms with E-state index in [1.54, 1.807) is 21.3 Å². The molecule has 0 amide bonds. The van der Waals surface area contributed by atoms with E-state index in [0.29, 0.717) is 5.75 Å². The molecular weight excluding hydrogens is 292 g/mol. The fourth-order valence-corrected chi connectivity index (χ4v) is 3.24. The maximum absolute atomic E-state index is 5.53. The molecule has 1 aliphatic heterocycles. The molecule has 23 heavy (non-hydrogen) atoms. The largest absolute Gasteiger partial charge is 0.496 e. The van der Waals surface area contributed by atoms with Gasteiger partial charge in [-0.1, -0.05) is 0 Å². The molecule has 2 rings (SSSR count). The Balaban J connectivity index is 2.00. The molecule has 130 valence electrons. The molecule has 1 heterocycles. The number of methoxy groups -OCH3 is 3. The lowest BCUT2D eigenvalue weighted by molar-refractivity contribution is 0.170. The van der Waals surface area contributed by atoms with Crippen LogP contribution >= 0.6 is 0 Å². The zero-order valence-corrected chi connectivity index (χ0v) is 14.9. The lowest BCUT2D eigenvalue weighted by atomic mass is 9.93. The van der Waals surface area contributed by atoms with Gasteiger partial charge in [0.1, 0.15) is 5.75 Å². The van der Waals surface area contributed by atoms with Crippen molar-refractivity contribution in [3.63, 3.8) is 0 Å². The van der Waals surface area contributed by atoms with Gasteiger partial charge in [-0.25, -0.2) is 0 Å². The Morgan fingerprint density at radius 3 is 2.17 bits per heavy atom. The summed E-state index contributed by atoms with van der Waals surface area (Å²) in [6, 6.07) is 3.94. The number of benzene rings is 1. The first-order chi connectivity index (χ1) is 11.2. The Morgan fingerprint density at radius 2 is 1.61 bits per heavy atom. The Kier molecular flexibility index (Phi) is 6.99. The van der Waals surface area contributed by atoms with Crippen LogP contribution < -0.4 is 19.5 Å². The summed E-state index contributed by atoms with van der Waals surface area (Å²) in [6.07, 6.45) is 3.83. The lowest BCUT2D eigenvalue weighted by Crippen LogP contribution is -2.34. The van der Waals surface area contributed by atoms with Crippen LogP contribution in [-0.2, 0) is 6.54 Å². The van der Waals surface area contributed by atoms with E-state index in [1.807, 2.05) is 19.2 Å². The first kappa shape index (κ1) is 17.9. The van der Waals surface area contributed by atoms with E-state index in [4.69, 9.17) is 14.2 Å². The van der Waals surface area contributed by atoms with Gasteiger partial charge in [-0.3, -0.25) is 4.90 Å². The molecule has 1 aliphatic rings. The molecule has 1 fully saturated rings. The topological polar surface area (TPSA) is 43.0 Å². The lowest BCUT2D eigenvalue weighted by Gasteiger charge is -2.32. The van der Waals surface area contributed by atoms with E-state index in [-0.39, 0.29) is 0 Å². The second-order valence-corrected chi connectivity index (χ2v) is 6.13. The van der Waals surface area contributed by atoms with E-state index >= 15 is 0 Å². The monoisotopic (exact) mass is 322 g/mol. The summed E-state index contributed by atoms with van der Waals surface area (Å²) in [5.74, 6) is 3.18. The zero-order valence-electron chi connectivity index (χ0n) is 14.9. The van der Waals surface area contributed by atoms with Crippen molar-refractivity contribution in [3.8, 4) is 17.2 Å². The van der Waals surface area contributed by atoms with Gasteiger partial charge < -0.3 is 19.5 Å². The van der Waals surface area contributed by atoms with Crippen molar-refractivity contribution in [1.82, 2.24) is 10.2 Å². The minimum Gasteiger partial charge on any atom is -0.496 e. The average molecular weight is 322 g/mol. The zero-order chi connectivity index (χ0) is 16.7. The number of piperidine rings is 1. The van der Waals surface area contributed by atoms with E-state index in [1.165, 1.54) is 19.3 Å². The highest BCUT2D eigenvalue weighted by atomic mass is 16.5. The summed E-state index contributed by atoms with van der Waals surface area (Å²) in [6.45, 7) is 4.30. The molecule has 1 aromatic carbocycles. The summed E-state index contributed by atoms with van der Waals surface area (Å²) in [4.78, 5) is 2.50. The third-order valence-electron chi connectivity index (χ3n) is 4.69. The Morgan fingerprint density at radius 1 is 1.00 bits per heavy atom. The summed E-state index contributed by atoms with van der Waals surface area (Å²) < 4.78 is 16.3. The molecule has 5 nitrogen and oxygen atoms in total. The van der Waals surface area contributed by atoms with Crippen LogP contribution in [0.2, 0.25) is 0 Å². The summed E-state index contributed by atoms with van der Waals surface area (Å²) in [5.41, 5.74) is 1.15. The molecule has 0 aromatic heterocycles. The molecule has 1 N–H and O–H groups in total. The maximum Gasteiger partial charge on any atom is 0.164 e. The summed E-state index contributed by atoms with van der Waals surface area (Å²) in [5, 5.41) is 3.25. The smallest absolute Gasteiger partial charge is 0.164 e. The highest BCUT2D eigenvalue weighted by Gasteiger charge is 2.21. The second-order valence-electron chi connectivity index (χ2n) is 6.13. The number of rotatable bonds is 8. The van der Waals surface area contributed by atoms with E-state index in [2.05, 4.69) is 10.2 Å². The van der Waals surface area contributed by atoms with Crippen LogP contribution in [0.4, 0.5) is 0 Å². The van der Waals surface area contributed by atoms with Crippen molar-refractivity contribution >= 4 is 0 Å². The van der Waals surface area contributed by atoms with E-state index < -0.39 is 0 Å². The highest BCUT2D eigenvalue weighted by molar-refractivity contribution is 5.50. The number of nitrogens with one attached hydrogen (secondary N) is 1. The van der Waals surface area contributed by atoms with Crippen molar-refractivity contribution in [1.29, 1.82) is 0 Å². The molecule has 0 aliphatic carbocycles. The quantitative estimate of drug-likeness (QED) is 0.797. The fourth-order valence-electron chi connectivity index (χ4n) is 3.24. The Labute approximate surface area is 139 Å². The SMILES string of the molecule is CNCCC1CCN(Cc2cc(OC)c(OC)cc2OC)CC1. The predicted molar refractivity (Wildman–Crippen MR) is 92.6 cm³/mol. The van der Waals surface area contributed by atoms with Crippen molar-refractivity contribution in [3.05, 3.63) is 17.7 Å². The maximum atomic E-state index is 5.53. The molecule has 5 heteroatoms.